The lowest BCUT2D eigenvalue weighted by Gasteiger charge is -2.07. The van der Waals surface area contributed by atoms with Crippen LogP contribution < -0.4 is 10.9 Å². The molecule has 2 aromatic rings. The minimum absolute atomic E-state index is 0.0295. The molecule has 0 fully saturated rings. The molecule has 2 nitrogen and oxygen atoms in total. The summed E-state index contributed by atoms with van der Waals surface area (Å²) in [4.78, 5) is 0. The molecular weight excluding hydrogens is 199 g/mol. The van der Waals surface area contributed by atoms with Crippen molar-refractivity contribution in [2.45, 2.75) is 6.61 Å². The van der Waals surface area contributed by atoms with Crippen LogP contribution in [0.25, 0.3) is 0 Å². The van der Waals surface area contributed by atoms with Gasteiger partial charge in [0.25, 0.3) is 0 Å². The fourth-order valence-electron chi connectivity index (χ4n) is 1.63. The van der Waals surface area contributed by atoms with Crippen molar-refractivity contribution < 1.29 is 10.1 Å². The largest absolute Gasteiger partial charge is 0.443 e. The normalized spacial score (nSPS) is 10.1. The zero-order chi connectivity index (χ0) is 11.4. The Morgan fingerprint density at radius 1 is 0.812 bits per heavy atom. The van der Waals surface area contributed by atoms with Gasteiger partial charge in [0.1, 0.15) is 0 Å². The predicted molar refractivity (Wildman–Crippen MR) is 66.0 cm³/mol. The Bertz CT molecular complexity index is 439. The average molecular weight is 212 g/mol. The summed E-state index contributed by atoms with van der Waals surface area (Å²) in [5.74, 6) is 0. The molecule has 0 aliphatic carbocycles. The monoisotopic (exact) mass is 212 g/mol. The zero-order valence-electron chi connectivity index (χ0n) is 8.88. The van der Waals surface area contributed by atoms with E-state index >= 15 is 0 Å². The second-order valence-electron chi connectivity index (χ2n) is 3.71. The molecule has 0 heterocycles. The lowest BCUT2D eigenvalue weighted by Crippen LogP contribution is -2.42. The highest BCUT2D eigenvalue weighted by atomic mass is 16.3. The van der Waals surface area contributed by atoms with Crippen molar-refractivity contribution in [3.63, 3.8) is 0 Å². The molecule has 0 radical (unpaired) electrons. The summed E-state index contributed by atoms with van der Waals surface area (Å²) in [5.41, 5.74) is 2.56. The molecule has 2 aromatic carbocycles. The van der Waals surface area contributed by atoms with Crippen molar-refractivity contribution in [3.05, 3.63) is 60.2 Å². The van der Waals surface area contributed by atoms with E-state index in [2.05, 4.69) is 0 Å². The van der Waals surface area contributed by atoms with Crippen molar-refractivity contribution in [2.24, 2.45) is 0 Å². The van der Waals surface area contributed by atoms with E-state index in [0.717, 1.165) is 16.5 Å². The third kappa shape index (κ3) is 2.32. The van der Waals surface area contributed by atoms with E-state index < -0.39 is 6.92 Å². The Hall–Kier alpha value is -1.58. The SMILES string of the molecule is OCc1ccc(B(O)c2ccccc2)cc1. The number of aliphatic hydroxyl groups excluding tert-OH is 1. The van der Waals surface area contributed by atoms with Crippen LogP contribution in [0.15, 0.2) is 54.6 Å². The maximum atomic E-state index is 10.1. The molecule has 0 unspecified atom stereocenters. The second-order valence-corrected chi connectivity index (χ2v) is 3.71. The summed E-state index contributed by atoms with van der Waals surface area (Å²) in [6.45, 7) is -0.573. The number of benzene rings is 2. The molecular formula is C13H13BO2. The fourth-order valence-corrected chi connectivity index (χ4v) is 1.63. The number of hydrogen-bond donors (Lipinski definition) is 2. The quantitative estimate of drug-likeness (QED) is 0.717. The van der Waals surface area contributed by atoms with Gasteiger partial charge in [-0.25, -0.2) is 0 Å². The van der Waals surface area contributed by atoms with Crippen LogP contribution in [-0.4, -0.2) is 17.0 Å². The average Bonchev–Trinajstić information content (AvgIpc) is 2.39. The first-order chi connectivity index (χ1) is 7.81. The van der Waals surface area contributed by atoms with Gasteiger partial charge in [-0.2, -0.15) is 0 Å². The Labute approximate surface area is 95.3 Å². The van der Waals surface area contributed by atoms with Crippen LogP contribution in [0.3, 0.4) is 0 Å². The van der Waals surface area contributed by atoms with Crippen LogP contribution in [0.5, 0.6) is 0 Å². The smallest absolute Gasteiger partial charge is 0.358 e. The molecule has 0 bridgehead atoms. The van der Waals surface area contributed by atoms with Gasteiger partial charge in [0, 0.05) is 0 Å². The van der Waals surface area contributed by atoms with E-state index in [1.165, 1.54) is 0 Å². The van der Waals surface area contributed by atoms with Gasteiger partial charge in [0.2, 0.25) is 0 Å². The highest BCUT2D eigenvalue weighted by Gasteiger charge is 2.15. The first kappa shape index (κ1) is 10.9. The molecule has 80 valence electrons. The Balaban J connectivity index is 2.24. The summed E-state index contributed by atoms with van der Waals surface area (Å²) in [7, 11) is 0. The minimum atomic E-state index is -0.603. The van der Waals surface area contributed by atoms with E-state index in [1.54, 1.807) is 0 Å². The summed E-state index contributed by atoms with van der Waals surface area (Å²) in [6.07, 6.45) is 0. The zero-order valence-corrected chi connectivity index (χ0v) is 8.88. The highest BCUT2D eigenvalue weighted by Crippen LogP contribution is 1.97. The molecule has 0 aliphatic heterocycles. The molecule has 2 N–H and O–H groups in total. The van der Waals surface area contributed by atoms with Gasteiger partial charge in [-0.05, 0) is 16.5 Å². The Morgan fingerprint density at radius 2 is 1.38 bits per heavy atom. The van der Waals surface area contributed by atoms with Crippen molar-refractivity contribution in [2.75, 3.05) is 0 Å². The Morgan fingerprint density at radius 3 is 1.94 bits per heavy atom. The molecule has 3 heteroatoms. The van der Waals surface area contributed by atoms with Gasteiger partial charge in [0.15, 0.2) is 0 Å². The molecule has 0 saturated heterocycles. The van der Waals surface area contributed by atoms with Gasteiger partial charge in [0.05, 0.1) is 6.61 Å². The second kappa shape index (κ2) is 4.97. The topological polar surface area (TPSA) is 40.5 Å². The van der Waals surface area contributed by atoms with Crippen molar-refractivity contribution >= 4 is 17.8 Å². The first-order valence-corrected chi connectivity index (χ1v) is 5.24. The summed E-state index contributed by atoms with van der Waals surface area (Å²) >= 11 is 0. The van der Waals surface area contributed by atoms with Crippen LogP contribution >= 0.6 is 0 Å². The number of aliphatic hydroxyl groups is 1. The van der Waals surface area contributed by atoms with Crippen molar-refractivity contribution in [1.82, 2.24) is 0 Å². The molecule has 0 spiro atoms. The fraction of sp³-hybridized carbons (Fsp3) is 0.0769. The number of rotatable bonds is 3. The van der Waals surface area contributed by atoms with Crippen LogP contribution in [0, 0.1) is 0 Å². The maximum absolute atomic E-state index is 10.1. The molecule has 0 amide bonds. The molecule has 16 heavy (non-hydrogen) atoms. The first-order valence-electron chi connectivity index (χ1n) is 5.24. The number of hydrogen-bond acceptors (Lipinski definition) is 2. The summed E-state index contributed by atoms with van der Waals surface area (Å²) in [5, 5.41) is 19.0. The van der Waals surface area contributed by atoms with E-state index in [4.69, 9.17) is 5.11 Å². The molecule has 0 aromatic heterocycles. The van der Waals surface area contributed by atoms with Gasteiger partial charge < -0.3 is 10.1 Å². The van der Waals surface area contributed by atoms with E-state index in [9.17, 15) is 5.02 Å². The van der Waals surface area contributed by atoms with Crippen molar-refractivity contribution in [3.8, 4) is 0 Å². The third-order valence-electron chi connectivity index (χ3n) is 2.59. The standard InChI is InChI=1S/C13H13BO2/c15-10-11-6-8-13(9-7-11)14(16)12-4-2-1-3-5-12/h1-9,15-16H,10H2. The molecule has 0 aliphatic rings. The molecule has 0 saturated carbocycles. The Kier molecular flexibility index (Phi) is 3.39. The van der Waals surface area contributed by atoms with Gasteiger partial charge >= 0.3 is 6.92 Å². The predicted octanol–water partition coefficient (Wildman–Crippen LogP) is 0.277. The van der Waals surface area contributed by atoms with Gasteiger partial charge in [-0.15, -0.1) is 0 Å². The van der Waals surface area contributed by atoms with Crippen molar-refractivity contribution in [1.29, 1.82) is 0 Å². The third-order valence-corrected chi connectivity index (χ3v) is 2.59. The van der Waals surface area contributed by atoms with E-state index in [0.29, 0.717) is 0 Å². The van der Waals surface area contributed by atoms with Crippen LogP contribution in [0.2, 0.25) is 0 Å². The van der Waals surface area contributed by atoms with E-state index in [1.807, 2.05) is 54.6 Å². The summed E-state index contributed by atoms with van der Waals surface area (Å²) < 4.78 is 0. The lowest BCUT2D eigenvalue weighted by molar-refractivity contribution is 0.282. The molecule has 0 atom stereocenters. The highest BCUT2D eigenvalue weighted by molar-refractivity contribution is 6.78. The molecule has 2 rings (SSSR count). The van der Waals surface area contributed by atoms with Crippen LogP contribution in [0.4, 0.5) is 0 Å². The van der Waals surface area contributed by atoms with Gasteiger partial charge in [-0.1, -0.05) is 54.6 Å². The van der Waals surface area contributed by atoms with E-state index in [-0.39, 0.29) is 6.61 Å². The summed E-state index contributed by atoms with van der Waals surface area (Å²) in [6, 6.07) is 16.8. The maximum Gasteiger partial charge on any atom is 0.358 e. The van der Waals surface area contributed by atoms with Crippen LogP contribution in [-0.2, 0) is 6.61 Å². The minimum Gasteiger partial charge on any atom is -0.443 e. The lowest BCUT2D eigenvalue weighted by atomic mass is 9.56. The van der Waals surface area contributed by atoms with Crippen LogP contribution in [0.1, 0.15) is 5.56 Å². The van der Waals surface area contributed by atoms with Gasteiger partial charge in [-0.3, -0.25) is 0 Å².